The van der Waals surface area contributed by atoms with Crippen molar-refractivity contribution in [3.63, 3.8) is 0 Å². The zero-order valence-electron chi connectivity index (χ0n) is 12.2. The molecule has 2 N–H and O–H groups in total. The number of benzene rings is 1. The van der Waals surface area contributed by atoms with Gasteiger partial charge in [0.25, 0.3) is 0 Å². The standard InChI is InChI=1S/C14H17N3O3S2/c1-17(22(2,18)19)12-6-3-5-11(9-12)16-14(21)15-10-13-7-4-8-20-13/h3-9H,10H2,1-2H3,(H2,15,16,21). The number of thiocarbonyl (C=S) groups is 1. The van der Waals surface area contributed by atoms with Crippen molar-refractivity contribution in [2.24, 2.45) is 0 Å². The molecule has 0 amide bonds. The molecule has 0 radical (unpaired) electrons. The van der Waals surface area contributed by atoms with Crippen molar-refractivity contribution in [2.45, 2.75) is 6.54 Å². The maximum absolute atomic E-state index is 11.6. The van der Waals surface area contributed by atoms with E-state index < -0.39 is 10.0 Å². The van der Waals surface area contributed by atoms with Crippen LogP contribution in [-0.2, 0) is 16.6 Å². The first-order chi connectivity index (χ1) is 10.4. The highest BCUT2D eigenvalue weighted by Crippen LogP contribution is 2.20. The van der Waals surface area contributed by atoms with E-state index in [1.807, 2.05) is 6.07 Å². The lowest BCUT2D eigenvalue weighted by Gasteiger charge is -2.18. The molecule has 2 aromatic rings. The van der Waals surface area contributed by atoms with Crippen LogP contribution in [0.2, 0.25) is 0 Å². The Hall–Kier alpha value is -2.06. The van der Waals surface area contributed by atoms with Gasteiger partial charge in [0.15, 0.2) is 5.11 Å². The smallest absolute Gasteiger partial charge is 0.231 e. The van der Waals surface area contributed by atoms with Gasteiger partial charge in [-0.2, -0.15) is 0 Å². The number of anilines is 2. The molecule has 0 spiro atoms. The van der Waals surface area contributed by atoms with Crippen molar-refractivity contribution in [1.82, 2.24) is 5.32 Å². The summed E-state index contributed by atoms with van der Waals surface area (Å²) in [4.78, 5) is 0. The quantitative estimate of drug-likeness (QED) is 0.813. The van der Waals surface area contributed by atoms with Crippen molar-refractivity contribution >= 4 is 38.7 Å². The molecule has 8 heteroatoms. The van der Waals surface area contributed by atoms with Gasteiger partial charge in [-0.25, -0.2) is 8.42 Å². The molecular weight excluding hydrogens is 322 g/mol. The zero-order chi connectivity index (χ0) is 16.2. The molecule has 0 aliphatic rings. The minimum absolute atomic E-state index is 0.426. The van der Waals surface area contributed by atoms with E-state index in [-0.39, 0.29) is 0 Å². The summed E-state index contributed by atoms with van der Waals surface area (Å²) in [6.07, 6.45) is 2.75. The highest BCUT2D eigenvalue weighted by molar-refractivity contribution is 7.92. The first kappa shape index (κ1) is 16.3. The van der Waals surface area contributed by atoms with Crippen molar-refractivity contribution in [3.8, 4) is 0 Å². The third kappa shape index (κ3) is 4.47. The number of rotatable bonds is 5. The van der Waals surface area contributed by atoms with Gasteiger partial charge in [-0.1, -0.05) is 6.07 Å². The van der Waals surface area contributed by atoms with Crippen LogP contribution in [0.15, 0.2) is 47.1 Å². The van der Waals surface area contributed by atoms with Crippen LogP contribution in [0.5, 0.6) is 0 Å². The number of sulfonamides is 1. The normalized spacial score (nSPS) is 11.0. The summed E-state index contributed by atoms with van der Waals surface area (Å²) in [6, 6.07) is 10.6. The van der Waals surface area contributed by atoms with E-state index in [2.05, 4.69) is 10.6 Å². The maximum atomic E-state index is 11.6. The maximum Gasteiger partial charge on any atom is 0.231 e. The molecule has 0 saturated carbocycles. The van der Waals surface area contributed by atoms with Crippen molar-refractivity contribution < 1.29 is 12.8 Å². The van der Waals surface area contributed by atoms with Gasteiger partial charge in [0, 0.05) is 12.7 Å². The molecule has 0 bridgehead atoms. The fraction of sp³-hybridized carbons (Fsp3) is 0.214. The van der Waals surface area contributed by atoms with E-state index in [1.165, 1.54) is 11.4 Å². The molecule has 118 valence electrons. The molecule has 0 unspecified atom stereocenters. The van der Waals surface area contributed by atoms with Crippen LogP contribution in [0.4, 0.5) is 11.4 Å². The molecule has 0 saturated heterocycles. The summed E-state index contributed by atoms with van der Waals surface area (Å²) < 4.78 is 29.5. The Bertz CT molecular complexity index is 742. The molecule has 22 heavy (non-hydrogen) atoms. The van der Waals surface area contributed by atoms with Gasteiger partial charge in [0.05, 0.1) is 24.8 Å². The average Bonchev–Trinajstić information content (AvgIpc) is 2.97. The Morgan fingerprint density at radius 2 is 2.09 bits per heavy atom. The molecule has 0 atom stereocenters. The van der Waals surface area contributed by atoms with Crippen molar-refractivity contribution in [3.05, 3.63) is 48.4 Å². The van der Waals surface area contributed by atoms with E-state index in [4.69, 9.17) is 16.6 Å². The van der Waals surface area contributed by atoms with Crippen molar-refractivity contribution in [2.75, 3.05) is 22.9 Å². The van der Waals surface area contributed by atoms with E-state index in [0.29, 0.717) is 23.0 Å². The predicted octanol–water partition coefficient (Wildman–Crippen LogP) is 2.16. The van der Waals surface area contributed by atoms with E-state index >= 15 is 0 Å². The Balaban J connectivity index is 1.99. The second-order valence-electron chi connectivity index (χ2n) is 4.67. The van der Waals surface area contributed by atoms with Crippen LogP contribution >= 0.6 is 12.2 Å². The number of furan rings is 1. The monoisotopic (exact) mass is 339 g/mol. The summed E-state index contributed by atoms with van der Waals surface area (Å²) in [5.41, 5.74) is 1.26. The van der Waals surface area contributed by atoms with Crippen LogP contribution in [0.25, 0.3) is 0 Å². The molecule has 0 aliphatic heterocycles. The zero-order valence-corrected chi connectivity index (χ0v) is 13.9. The first-order valence-corrected chi connectivity index (χ1v) is 8.73. The minimum atomic E-state index is -3.30. The molecule has 1 heterocycles. The molecule has 6 nitrogen and oxygen atoms in total. The fourth-order valence-corrected chi connectivity index (χ4v) is 2.41. The topological polar surface area (TPSA) is 74.6 Å². The number of nitrogens with one attached hydrogen (secondary N) is 2. The van der Waals surface area contributed by atoms with Crippen LogP contribution in [-0.4, -0.2) is 26.8 Å². The summed E-state index contributed by atoms with van der Waals surface area (Å²) in [6.45, 7) is 0.474. The molecule has 1 aromatic heterocycles. The Morgan fingerprint density at radius 3 is 2.73 bits per heavy atom. The minimum Gasteiger partial charge on any atom is -0.467 e. The highest BCUT2D eigenvalue weighted by Gasteiger charge is 2.12. The second-order valence-corrected chi connectivity index (χ2v) is 7.09. The SMILES string of the molecule is CN(c1cccc(NC(=S)NCc2ccco2)c1)S(C)(=O)=O. The lowest BCUT2D eigenvalue weighted by atomic mass is 10.3. The van der Waals surface area contributed by atoms with Gasteiger partial charge < -0.3 is 15.1 Å². The van der Waals surface area contributed by atoms with E-state index in [9.17, 15) is 8.42 Å². The molecule has 2 rings (SSSR count). The van der Waals surface area contributed by atoms with Gasteiger partial charge in [-0.15, -0.1) is 0 Å². The van der Waals surface area contributed by atoms with Gasteiger partial charge in [0.2, 0.25) is 10.0 Å². The van der Waals surface area contributed by atoms with Gasteiger partial charge in [-0.3, -0.25) is 4.31 Å². The van der Waals surface area contributed by atoms with Gasteiger partial charge in [-0.05, 0) is 42.5 Å². The molecule has 1 aromatic carbocycles. The molecular formula is C14H17N3O3S2. The number of hydrogen-bond acceptors (Lipinski definition) is 4. The van der Waals surface area contributed by atoms with Crippen LogP contribution in [0, 0.1) is 0 Å². The third-order valence-electron chi connectivity index (χ3n) is 2.97. The molecule has 0 fully saturated rings. The Morgan fingerprint density at radius 1 is 1.32 bits per heavy atom. The number of hydrogen-bond donors (Lipinski definition) is 2. The number of nitrogens with zero attached hydrogens (tertiary/aromatic N) is 1. The highest BCUT2D eigenvalue weighted by atomic mass is 32.2. The van der Waals surface area contributed by atoms with Crippen molar-refractivity contribution in [1.29, 1.82) is 0 Å². The van der Waals surface area contributed by atoms with E-state index in [1.54, 1.807) is 36.6 Å². The Kier molecular flexibility index (Phi) is 5.04. The van der Waals surface area contributed by atoms with Gasteiger partial charge >= 0.3 is 0 Å². The fourth-order valence-electron chi connectivity index (χ4n) is 1.73. The second kappa shape index (κ2) is 6.80. The van der Waals surface area contributed by atoms with E-state index in [0.717, 1.165) is 12.0 Å². The largest absolute Gasteiger partial charge is 0.467 e. The summed E-state index contributed by atoms with van der Waals surface area (Å²) >= 11 is 5.20. The summed E-state index contributed by atoms with van der Waals surface area (Å²) in [5.74, 6) is 0.773. The lowest BCUT2D eigenvalue weighted by molar-refractivity contribution is 0.503. The molecule has 0 aliphatic carbocycles. The third-order valence-corrected chi connectivity index (χ3v) is 4.42. The van der Waals surface area contributed by atoms with Crippen LogP contribution < -0.4 is 14.9 Å². The first-order valence-electron chi connectivity index (χ1n) is 6.47. The summed E-state index contributed by atoms with van der Waals surface area (Å²) in [7, 11) is -1.79. The van der Waals surface area contributed by atoms with Gasteiger partial charge in [0.1, 0.15) is 5.76 Å². The summed E-state index contributed by atoms with van der Waals surface area (Å²) in [5, 5.41) is 6.44. The average molecular weight is 339 g/mol. The van der Waals surface area contributed by atoms with Crippen LogP contribution in [0.1, 0.15) is 5.76 Å². The lowest BCUT2D eigenvalue weighted by Crippen LogP contribution is -2.28. The Labute approximate surface area is 135 Å². The van der Waals surface area contributed by atoms with Crippen LogP contribution in [0.3, 0.4) is 0 Å². The predicted molar refractivity (Wildman–Crippen MR) is 91.5 cm³/mol.